The van der Waals surface area contributed by atoms with Gasteiger partial charge in [-0.2, -0.15) is 0 Å². The average molecular weight is 447 g/mol. The summed E-state index contributed by atoms with van der Waals surface area (Å²) in [7, 11) is 0. The minimum Gasteiger partial charge on any atom is -0.349 e. The number of rotatable bonds is 7. The molecule has 162 valence electrons. The van der Waals surface area contributed by atoms with Gasteiger partial charge in [0.1, 0.15) is 5.82 Å². The van der Waals surface area contributed by atoms with Crippen molar-refractivity contribution in [2.24, 2.45) is 0 Å². The van der Waals surface area contributed by atoms with Crippen molar-refractivity contribution in [1.29, 1.82) is 0 Å². The van der Waals surface area contributed by atoms with Crippen LogP contribution < -0.4 is 5.32 Å². The van der Waals surface area contributed by atoms with Crippen molar-refractivity contribution in [3.63, 3.8) is 0 Å². The number of halogens is 1. The summed E-state index contributed by atoms with van der Waals surface area (Å²) in [4.78, 5) is 12.6. The van der Waals surface area contributed by atoms with Gasteiger partial charge in [-0.1, -0.05) is 60.3 Å². The molecule has 1 aliphatic carbocycles. The Balaban J connectivity index is 1.27. The molecule has 5 nitrogen and oxygen atoms in total. The number of amides is 1. The summed E-state index contributed by atoms with van der Waals surface area (Å²) in [6.07, 6.45) is 2.02. The van der Waals surface area contributed by atoms with E-state index in [4.69, 9.17) is 0 Å². The second kappa shape index (κ2) is 8.74. The minimum atomic E-state index is -0.319. The molecule has 32 heavy (non-hydrogen) atoms. The molecule has 1 N–H and O–H groups in total. The third kappa shape index (κ3) is 4.25. The van der Waals surface area contributed by atoms with Crippen LogP contribution in [-0.4, -0.2) is 26.4 Å². The summed E-state index contributed by atoms with van der Waals surface area (Å²) < 4.78 is 16.3. The minimum absolute atomic E-state index is 0.0755. The number of aromatic nitrogens is 3. The highest BCUT2D eigenvalue weighted by Crippen LogP contribution is 2.41. The number of hydrogen-bond acceptors (Lipinski definition) is 4. The zero-order valence-corrected chi connectivity index (χ0v) is 18.5. The summed E-state index contributed by atoms with van der Waals surface area (Å²) in [5.41, 5.74) is 1.50. The highest BCUT2D eigenvalue weighted by Gasteiger charge is 2.31. The van der Waals surface area contributed by atoms with Gasteiger partial charge >= 0.3 is 0 Å². The van der Waals surface area contributed by atoms with E-state index in [1.807, 2.05) is 29.7 Å². The number of benzene rings is 3. The highest BCUT2D eigenvalue weighted by molar-refractivity contribution is 7.99. The Morgan fingerprint density at radius 3 is 2.62 bits per heavy atom. The lowest BCUT2D eigenvalue weighted by Crippen LogP contribution is -2.28. The van der Waals surface area contributed by atoms with Gasteiger partial charge in [0, 0.05) is 6.04 Å². The lowest BCUT2D eigenvalue weighted by molar-refractivity contribution is -0.119. The van der Waals surface area contributed by atoms with E-state index in [1.54, 1.807) is 18.2 Å². The molecule has 1 heterocycles. The maximum Gasteiger partial charge on any atom is 0.230 e. The molecule has 0 spiro atoms. The summed E-state index contributed by atoms with van der Waals surface area (Å²) in [5.74, 6) is 0.354. The number of nitrogens with one attached hydrogen (secondary N) is 1. The normalized spacial score (nSPS) is 14.4. The molecule has 5 rings (SSSR count). The molecule has 1 fully saturated rings. The summed E-state index contributed by atoms with van der Waals surface area (Å²) >= 11 is 1.34. The van der Waals surface area contributed by atoms with Crippen molar-refractivity contribution in [3.05, 3.63) is 78.1 Å². The van der Waals surface area contributed by atoms with E-state index >= 15 is 0 Å². The first-order valence-corrected chi connectivity index (χ1v) is 11.7. The lowest BCUT2D eigenvalue weighted by Gasteiger charge is -2.15. The van der Waals surface area contributed by atoms with Crippen LogP contribution in [0.2, 0.25) is 0 Å². The lowest BCUT2D eigenvalue weighted by atomic mass is 10.0. The van der Waals surface area contributed by atoms with E-state index in [-0.39, 0.29) is 29.6 Å². The fourth-order valence-corrected chi connectivity index (χ4v) is 4.65. The highest BCUT2D eigenvalue weighted by atomic mass is 32.2. The standard InChI is InChI=1S/C25H23FN4OS/c1-16(18-11-10-17-6-2-3-7-19(17)14-18)27-23(31)15-32-25-29-28-24(30(25)20-12-13-20)21-8-4-5-9-22(21)26/h2-11,14,16,20H,12-13,15H2,1H3,(H,27,31)/t16-/m1/s1. The average Bonchev–Trinajstić information content (AvgIpc) is 3.56. The van der Waals surface area contributed by atoms with Crippen LogP contribution in [0.5, 0.6) is 0 Å². The number of fused-ring (bicyclic) bond motifs is 1. The molecule has 1 atom stereocenters. The number of carbonyl (C=O) groups excluding carboxylic acids is 1. The number of thioether (sulfide) groups is 1. The Labute approximate surface area is 190 Å². The molecule has 3 aromatic carbocycles. The van der Waals surface area contributed by atoms with Crippen LogP contribution in [-0.2, 0) is 4.79 Å². The van der Waals surface area contributed by atoms with Crippen LogP contribution in [0.3, 0.4) is 0 Å². The molecular formula is C25H23FN4OS. The molecule has 1 aliphatic rings. The van der Waals surface area contributed by atoms with E-state index in [0.29, 0.717) is 16.5 Å². The number of carbonyl (C=O) groups is 1. The largest absolute Gasteiger partial charge is 0.349 e. The molecule has 4 aromatic rings. The van der Waals surface area contributed by atoms with Gasteiger partial charge in [0.25, 0.3) is 0 Å². The van der Waals surface area contributed by atoms with Crippen molar-refractivity contribution in [1.82, 2.24) is 20.1 Å². The first-order valence-electron chi connectivity index (χ1n) is 10.7. The van der Waals surface area contributed by atoms with E-state index in [9.17, 15) is 9.18 Å². The quantitative estimate of drug-likeness (QED) is 0.379. The molecule has 1 aromatic heterocycles. The Morgan fingerprint density at radius 2 is 1.84 bits per heavy atom. The first-order chi connectivity index (χ1) is 15.6. The van der Waals surface area contributed by atoms with Crippen LogP contribution in [0, 0.1) is 5.82 Å². The molecule has 1 saturated carbocycles. The van der Waals surface area contributed by atoms with Gasteiger partial charge in [0.2, 0.25) is 5.91 Å². The molecule has 1 amide bonds. The van der Waals surface area contributed by atoms with Crippen molar-refractivity contribution >= 4 is 28.4 Å². The topological polar surface area (TPSA) is 59.8 Å². The van der Waals surface area contributed by atoms with Crippen LogP contribution in [0.4, 0.5) is 4.39 Å². The van der Waals surface area contributed by atoms with Gasteiger partial charge in [-0.15, -0.1) is 10.2 Å². The fourth-order valence-electron chi connectivity index (χ4n) is 3.84. The van der Waals surface area contributed by atoms with E-state index in [2.05, 4.69) is 39.8 Å². The van der Waals surface area contributed by atoms with E-state index < -0.39 is 0 Å². The summed E-state index contributed by atoms with van der Waals surface area (Å²) in [6.45, 7) is 1.98. The van der Waals surface area contributed by atoms with Gasteiger partial charge in [0.05, 0.1) is 17.4 Å². The molecular weight excluding hydrogens is 423 g/mol. The van der Waals surface area contributed by atoms with Crippen LogP contribution >= 0.6 is 11.8 Å². The van der Waals surface area contributed by atoms with Crippen LogP contribution in [0.25, 0.3) is 22.2 Å². The Hall–Kier alpha value is -3.19. The SMILES string of the molecule is C[C@@H](NC(=O)CSc1nnc(-c2ccccc2F)n1C1CC1)c1ccc2ccccc2c1. The third-order valence-electron chi connectivity index (χ3n) is 5.67. The Morgan fingerprint density at radius 1 is 1.09 bits per heavy atom. The van der Waals surface area contributed by atoms with Gasteiger partial charge in [0.15, 0.2) is 11.0 Å². The number of hydrogen-bond donors (Lipinski definition) is 1. The summed E-state index contributed by atoms with van der Waals surface area (Å²) in [5, 5.41) is 14.6. The van der Waals surface area contributed by atoms with Crippen LogP contribution in [0.15, 0.2) is 71.9 Å². The Kier molecular flexibility index (Phi) is 5.66. The molecule has 0 aliphatic heterocycles. The molecule has 0 bridgehead atoms. The second-order valence-electron chi connectivity index (χ2n) is 8.07. The van der Waals surface area contributed by atoms with Crippen molar-refractivity contribution in [3.8, 4) is 11.4 Å². The summed E-state index contributed by atoms with van der Waals surface area (Å²) in [6, 6.07) is 21.1. The maximum atomic E-state index is 14.3. The zero-order chi connectivity index (χ0) is 22.1. The van der Waals surface area contributed by atoms with E-state index in [1.165, 1.54) is 23.2 Å². The van der Waals surface area contributed by atoms with Gasteiger partial charge in [-0.3, -0.25) is 9.36 Å². The number of nitrogens with zero attached hydrogens (tertiary/aromatic N) is 3. The van der Waals surface area contributed by atoms with Gasteiger partial charge in [-0.05, 0) is 54.3 Å². The monoisotopic (exact) mass is 446 g/mol. The second-order valence-corrected chi connectivity index (χ2v) is 9.01. The van der Waals surface area contributed by atoms with Crippen molar-refractivity contribution < 1.29 is 9.18 Å². The van der Waals surface area contributed by atoms with Crippen molar-refractivity contribution in [2.45, 2.75) is 37.0 Å². The zero-order valence-electron chi connectivity index (χ0n) is 17.7. The molecule has 0 saturated heterocycles. The molecule has 0 unspecified atom stereocenters. The molecule has 0 radical (unpaired) electrons. The first kappa shape index (κ1) is 20.7. The van der Waals surface area contributed by atoms with Gasteiger partial charge < -0.3 is 5.32 Å². The van der Waals surface area contributed by atoms with Crippen LogP contribution in [0.1, 0.15) is 37.4 Å². The molecule has 7 heteroatoms. The van der Waals surface area contributed by atoms with Gasteiger partial charge in [-0.25, -0.2) is 4.39 Å². The predicted octanol–water partition coefficient (Wildman–Crippen LogP) is 5.54. The Bertz CT molecular complexity index is 1280. The smallest absolute Gasteiger partial charge is 0.230 e. The van der Waals surface area contributed by atoms with Crippen molar-refractivity contribution in [2.75, 3.05) is 5.75 Å². The predicted molar refractivity (Wildman–Crippen MR) is 125 cm³/mol. The van der Waals surface area contributed by atoms with E-state index in [0.717, 1.165) is 23.8 Å². The maximum absolute atomic E-state index is 14.3. The fraction of sp³-hybridized carbons (Fsp3) is 0.240. The third-order valence-corrected chi connectivity index (χ3v) is 6.62.